The number of thioether (sulfide) groups is 1. The lowest BCUT2D eigenvalue weighted by atomic mass is 10.1. The normalized spacial score (nSPS) is 12.5. The predicted octanol–water partition coefficient (Wildman–Crippen LogP) is 8.74. The van der Waals surface area contributed by atoms with E-state index in [9.17, 15) is 8.42 Å². The van der Waals surface area contributed by atoms with Crippen molar-refractivity contribution in [2.24, 2.45) is 0 Å². The van der Waals surface area contributed by atoms with Gasteiger partial charge in [-0.1, -0.05) is 134 Å². The van der Waals surface area contributed by atoms with Gasteiger partial charge in [0.15, 0.2) is 11.0 Å². The SMILES string of the molecule is CCCCCCCCS(=O)(=O)NC(Cc1ccccc1)c1nnc(SCc2cccc(C)c2)n1-c1ccc(Cl)cc1Cl. The summed E-state index contributed by atoms with van der Waals surface area (Å²) in [5.74, 6) is 1.20. The minimum Gasteiger partial charge on any atom is -0.271 e. The van der Waals surface area contributed by atoms with Crippen LogP contribution in [0, 0.1) is 6.92 Å². The van der Waals surface area contributed by atoms with Gasteiger partial charge >= 0.3 is 0 Å². The van der Waals surface area contributed by atoms with Crippen LogP contribution in [0.4, 0.5) is 0 Å². The van der Waals surface area contributed by atoms with Crippen LogP contribution < -0.4 is 4.72 Å². The van der Waals surface area contributed by atoms with Crippen LogP contribution in [0.1, 0.15) is 74.0 Å². The molecule has 0 saturated carbocycles. The molecule has 1 aromatic heterocycles. The van der Waals surface area contributed by atoms with E-state index in [1.807, 2.05) is 47.0 Å². The number of hydrogen-bond donors (Lipinski definition) is 1. The molecule has 0 fully saturated rings. The molecule has 0 bridgehead atoms. The van der Waals surface area contributed by atoms with E-state index in [1.165, 1.54) is 23.7 Å². The molecule has 3 aromatic carbocycles. The van der Waals surface area contributed by atoms with Gasteiger partial charge in [-0.15, -0.1) is 10.2 Å². The molecule has 1 N–H and O–H groups in total. The number of hydrogen-bond acceptors (Lipinski definition) is 5. The quantitative estimate of drug-likeness (QED) is 0.0974. The highest BCUT2D eigenvalue weighted by Gasteiger charge is 2.28. The standard InChI is InChI=1S/C32H38Cl2N4O2S2/c1-3-4-5-6-7-11-19-42(39,40)37-29(21-25-14-9-8-10-15-25)31-35-36-32(41-23-26-16-12-13-24(2)20-26)38(31)30-18-17-27(33)22-28(30)34/h8-10,12-18,20,22,29,37H,3-7,11,19,21,23H2,1-2H3. The van der Waals surface area contributed by atoms with Crippen molar-refractivity contribution in [2.75, 3.05) is 5.75 Å². The van der Waals surface area contributed by atoms with Crippen molar-refractivity contribution in [3.05, 3.63) is 105 Å². The Morgan fingerprint density at radius 1 is 0.881 bits per heavy atom. The van der Waals surface area contributed by atoms with E-state index in [0.29, 0.717) is 45.3 Å². The molecular formula is C32H38Cl2N4O2S2. The molecule has 4 aromatic rings. The summed E-state index contributed by atoms with van der Waals surface area (Å²) < 4.78 is 31.6. The van der Waals surface area contributed by atoms with Crippen LogP contribution in [0.15, 0.2) is 78.0 Å². The first-order chi connectivity index (χ1) is 20.3. The Balaban J connectivity index is 1.68. The van der Waals surface area contributed by atoms with Crippen molar-refractivity contribution in [3.63, 3.8) is 0 Å². The van der Waals surface area contributed by atoms with Gasteiger partial charge in [0.1, 0.15) is 0 Å². The van der Waals surface area contributed by atoms with Crippen molar-refractivity contribution in [1.82, 2.24) is 19.5 Å². The summed E-state index contributed by atoms with van der Waals surface area (Å²) >= 11 is 14.5. The smallest absolute Gasteiger partial charge is 0.212 e. The average molecular weight is 646 g/mol. The lowest BCUT2D eigenvalue weighted by Crippen LogP contribution is -2.33. The Morgan fingerprint density at radius 3 is 2.36 bits per heavy atom. The van der Waals surface area contributed by atoms with Gasteiger partial charge in [-0.25, -0.2) is 13.1 Å². The Kier molecular flexibility index (Phi) is 12.3. The van der Waals surface area contributed by atoms with Crippen molar-refractivity contribution in [1.29, 1.82) is 0 Å². The molecule has 224 valence electrons. The number of sulfonamides is 1. The zero-order valence-corrected chi connectivity index (χ0v) is 27.2. The molecule has 4 rings (SSSR count). The summed E-state index contributed by atoms with van der Waals surface area (Å²) in [6.45, 7) is 4.23. The van der Waals surface area contributed by atoms with Gasteiger partial charge in [-0.3, -0.25) is 4.57 Å². The minimum absolute atomic E-state index is 0.0647. The van der Waals surface area contributed by atoms with Crippen molar-refractivity contribution in [3.8, 4) is 5.69 Å². The third kappa shape index (κ3) is 9.58. The molecule has 0 aliphatic carbocycles. The second-order valence-corrected chi connectivity index (χ2v) is 14.2. The van der Waals surface area contributed by atoms with Crippen molar-refractivity contribution in [2.45, 2.75) is 75.7 Å². The van der Waals surface area contributed by atoms with Crippen molar-refractivity contribution < 1.29 is 8.42 Å². The molecule has 0 aliphatic heterocycles. The summed E-state index contributed by atoms with van der Waals surface area (Å²) in [6, 6.07) is 22.7. The Labute approximate surface area is 264 Å². The maximum absolute atomic E-state index is 13.4. The maximum Gasteiger partial charge on any atom is 0.212 e. The fourth-order valence-corrected chi connectivity index (χ4v) is 7.53. The first-order valence-electron chi connectivity index (χ1n) is 14.4. The first kappa shape index (κ1) is 32.6. The third-order valence-corrected chi connectivity index (χ3v) is 9.95. The summed E-state index contributed by atoms with van der Waals surface area (Å²) in [6.07, 6.45) is 6.42. The third-order valence-electron chi connectivity index (χ3n) is 6.94. The van der Waals surface area contributed by atoms with Gasteiger partial charge in [0, 0.05) is 10.8 Å². The second-order valence-electron chi connectivity index (χ2n) is 10.5. The maximum atomic E-state index is 13.4. The fourth-order valence-electron chi connectivity index (χ4n) is 4.82. The lowest BCUT2D eigenvalue weighted by molar-refractivity contribution is 0.532. The lowest BCUT2D eigenvalue weighted by Gasteiger charge is -2.21. The second kappa shape index (κ2) is 15.9. The van der Waals surface area contributed by atoms with E-state index in [4.69, 9.17) is 23.2 Å². The molecule has 0 spiro atoms. The predicted molar refractivity (Wildman–Crippen MR) is 175 cm³/mol. The molecule has 1 atom stereocenters. The van der Waals surface area contributed by atoms with E-state index < -0.39 is 16.1 Å². The Bertz CT molecular complexity index is 1550. The van der Waals surface area contributed by atoms with Crippen LogP contribution in [0.2, 0.25) is 10.0 Å². The number of aryl methyl sites for hydroxylation is 1. The van der Waals surface area contributed by atoms with Crippen LogP contribution in [0.5, 0.6) is 0 Å². The minimum atomic E-state index is -3.60. The highest BCUT2D eigenvalue weighted by Crippen LogP contribution is 2.33. The Hall–Kier alpha value is -2.36. The zero-order valence-electron chi connectivity index (χ0n) is 24.1. The molecule has 42 heavy (non-hydrogen) atoms. The molecule has 0 amide bonds. The number of rotatable bonds is 16. The van der Waals surface area contributed by atoms with Gasteiger partial charge in [0.2, 0.25) is 10.0 Å². The van der Waals surface area contributed by atoms with E-state index in [0.717, 1.165) is 36.8 Å². The summed E-state index contributed by atoms with van der Waals surface area (Å²) in [7, 11) is -3.60. The molecule has 1 unspecified atom stereocenters. The van der Waals surface area contributed by atoms with Gasteiger partial charge in [0.05, 0.1) is 22.5 Å². The van der Waals surface area contributed by atoms with E-state index in [2.05, 4.69) is 47.0 Å². The van der Waals surface area contributed by atoms with Gasteiger partial charge in [0.25, 0.3) is 0 Å². The zero-order chi connectivity index (χ0) is 30.0. The fraction of sp³-hybridized carbons (Fsp3) is 0.375. The monoisotopic (exact) mass is 644 g/mol. The number of aromatic nitrogens is 3. The first-order valence-corrected chi connectivity index (χ1v) is 17.8. The molecule has 0 radical (unpaired) electrons. The number of unbranched alkanes of at least 4 members (excludes halogenated alkanes) is 5. The highest BCUT2D eigenvalue weighted by molar-refractivity contribution is 7.98. The van der Waals surface area contributed by atoms with Gasteiger partial charge < -0.3 is 0 Å². The number of nitrogens with one attached hydrogen (secondary N) is 1. The van der Waals surface area contributed by atoms with Crippen LogP contribution in [-0.4, -0.2) is 28.9 Å². The van der Waals surface area contributed by atoms with Crippen LogP contribution >= 0.6 is 35.0 Å². The number of benzene rings is 3. The number of halogens is 2. The van der Waals surface area contributed by atoms with Crippen molar-refractivity contribution >= 4 is 45.0 Å². The van der Waals surface area contributed by atoms with Crippen LogP contribution in [0.25, 0.3) is 5.69 Å². The van der Waals surface area contributed by atoms with E-state index in [-0.39, 0.29) is 5.75 Å². The summed E-state index contributed by atoms with van der Waals surface area (Å²) in [4.78, 5) is 0. The highest BCUT2D eigenvalue weighted by atomic mass is 35.5. The molecule has 0 aliphatic rings. The summed E-state index contributed by atoms with van der Waals surface area (Å²) in [5.41, 5.74) is 3.95. The van der Waals surface area contributed by atoms with E-state index >= 15 is 0 Å². The van der Waals surface area contributed by atoms with Gasteiger partial charge in [-0.05, 0) is 49.1 Å². The van der Waals surface area contributed by atoms with Crippen LogP contribution in [-0.2, 0) is 22.2 Å². The van der Waals surface area contributed by atoms with Gasteiger partial charge in [-0.2, -0.15) is 0 Å². The van der Waals surface area contributed by atoms with Crippen LogP contribution in [0.3, 0.4) is 0 Å². The van der Waals surface area contributed by atoms with E-state index in [1.54, 1.807) is 12.1 Å². The molecule has 1 heterocycles. The Morgan fingerprint density at radius 2 is 1.62 bits per heavy atom. The molecule has 6 nitrogen and oxygen atoms in total. The molecule has 0 saturated heterocycles. The topological polar surface area (TPSA) is 76.9 Å². The molecule has 10 heteroatoms. The summed E-state index contributed by atoms with van der Waals surface area (Å²) in [5, 5.41) is 10.7. The largest absolute Gasteiger partial charge is 0.271 e. The number of nitrogens with zero attached hydrogens (tertiary/aromatic N) is 3. The average Bonchev–Trinajstić information content (AvgIpc) is 3.37. The molecular weight excluding hydrogens is 607 g/mol.